The van der Waals surface area contributed by atoms with E-state index < -0.39 is 0 Å². The minimum atomic E-state index is -0.255. The number of aliphatic hydroxyl groups is 1. The fraction of sp³-hybridized carbons (Fsp3) is 0.818. The zero-order valence-corrected chi connectivity index (χ0v) is 7.58. The highest BCUT2D eigenvalue weighted by atomic mass is 16.3. The van der Waals surface area contributed by atoms with Crippen molar-refractivity contribution >= 4 is 0 Å². The molecule has 0 aromatic rings. The Kier molecular flexibility index (Phi) is 2.22. The molecule has 2 aliphatic rings. The molecule has 0 aromatic heterocycles. The first-order valence-electron chi connectivity index (χ1n) is 5.10. The van der Waals surface area contributed by atoms with Gasteiger partial charge in [0.1, 0.15) is 0 Å². The quantitative estimate of drug-likeness (QED) is 0.638. The van der Waals surface area contributed by atoms with Gasteiger partial charge in [-0.15, -0.1) is 6.58 Å². The summed E-state index contributed by atoms with van der Waals surface area (Å²) < 4.78 is 0. The lowest BCUT2D eigenvalue weighted by Gasteiger charge is -2.22. The molecule has 2 rings (SSSR count). The Morgan fingerprint density at radius 2 is 2.25 bits per heavy atom. The molecule has 0 aliphatic heterocycles. The Morgan fingerprint density at radius 1 is 1.42 bits per heavy atom. The van der Waals surface area contributed by atoms with Crippen LogP contribution in [0.4, 0.5) is 0 Å². The molecule has 1 heteroatoms. The van der Waals surface area contributed by atoms with Gasteiger partial charge in [-0.25, -0.2) is 0 Å². The van der Waals surface area contributed by atoms with Gasteiger partial charge >= 0.3 is 0 Å². The topological polar surface area (TPSA) is 20.2 Å². The van der Waals surface area contributed by atoms with E-state index >= 15 is 0 Å². The van der Waals surface area contributed by atoms with E-state index in [0.717, 1.165) is 24.2 Å². The molecule has 0 radical (unpaired) electrons. The van der Waals surface area contributed by atoms with Gasteiger partial charge in [-0.1, -0.05) is 12.5 Å². The third-order valence-corrected chi connectivity index (χ3v) is 3.70. The van der Waals surface area contributed by atoms with Crippen molar-refractivity contribution in [3.8, 4) is 0 Å². The van der Waals surface area contributed by atoms with Gasteiger partial charge in [0.25, 0.3) is 0 Å². The molecule has 0 saturated heterocycles. The summed E-state index contributed by atoms with van der Waals surface area (Å²) in [6, 6.07) is 0. The van der Waals surface area contributed by atoms with Crippen LogP contribution in [0.3, 0.4) is 0 Å². The lowest BCUT2D eigenvalue weighted by atomic mass is 9.85. The Morgan fingerprint density at radius 3 is 2.75 bits per heavy atom. The highest BCUT2D eigenvalue weighted by Gasteiger charge is 2.39. The molecule has 4 atom stereocenters. The van der Waals surface area contributed by atoms with Gasteiger partial charge in [0.15, 0.2) is 0 Å². The normalized spacial score (nSPS) is 41.6. The van der Waals surface area contributed by atoms with Crippen LogP contribution in [0.2, 0.25) is 0 Å². The third-order valence-electron chi connectivity index (χ3n) is 3.70. The van der Waals surface area contributed by atoms with Crippen LogP contribution in [-0.2, 0) is 0 Å². The lowest BCUT2D eigenvalue weighted by Crippen LogP contribution is -2.16. The molecule has 0 amide bonds. The summed E-state index contributed by atoms with van der Waals surface area (Å²) in [5.74, 6) is 2.73. The van der Waals surface area contributed by atoms with Gasteiger partial charge in [-0.05, 0) is 43.4 Å². The highest BCUT2D eigenvalue weighted by molar-refractivity contribution is 4.92. The average Bonchev–Trinajstić information content (AvgIpc) is 2.64. The zero-order chi connectivity index (χ0) is 8.55. The van der Waals surface area contributed by atoms with Crippen LogP contribution < -0.4 is 0 Å². The first-order chi connectivity index (χ1) is 5.79. The molecule has 2 saturated carbocycles. The maximum absolute atomic E-state index is 9.43. The Labute approximate surface area is 74.5 Å². The van der Waals surface area contributed by atoms with Crippen molar-refractivity contribution < 1.29 is 5.11 Å². The van der Waals surface area contributed by atoms with Gasteiger partial charge in [0.05, 0.1) is 6.10 Å². The van der Waals surface area contributed by atoms with E-state index in [1.165, 1.54) is 25.7 Å². The van der Waals surface area contributed by atoms with Gasteiger partial charge in [-0.3, -0.25) is 0 Å². The summed E-state index contributed by atoms with van der Waals surface area (Å²) in [6.07, 6.45) is 8.06. The molecular formula is C11H18O. The summed E-state index contributed by atoms with van der Waals surface area (Å²) >= 11 is 0. The molecule has 2 fully saturated rings. The van der Waals surface area contributed by atoms with Crippen molar-refractivity contribution in [2.24, 2.45) is 17.8 Å². The van der Waals surface area contributed by atoms with Crippen molar-refractivity contribution in [2.45, 2.75) is 38.2 Å². The van der Waals surface area contributed by atoms with Crippen LogP contribution in [0.15, 0.2) is 12.7 Å². The summed E-state index contributed by atoms with van der Waals surface area (Å²) in [7, 11) is 0. The van der Waals surface area contributed by atoms with E-state index in [0.29, 0.717) is 0 Å². The molecule has 1 N–H and O–H groups in total. The minimum Gasteiger partial charge on any atom is -0.389 e. The summed E-state index contributed by atoms with van der Waals surface area (Å²) in [4.78, 5) is 0. The van der Waals surface area contributed by atoms with Crippen LogP contribution in [0.25, 0.3) is 0 Å². The van der Waals surface area contributed by atoms with Crippen LogP contribution >= 0.6 is 0 Å². The fourth-order valence-electron chi connectivity index (χ4n) is 3.07. The van der Waals surface area contributed by atoms with Crippen LogP contribution in [-0.4, -0.2) is 11.2 Å². The van der Waals surface area contributed by atoms with Crippen LogP contribution in [0, 0.1) is 17.8 Å². The molecule has 2 aliphatic carbocycles. The van der Waals surface area contributed by atoms with E-state index in [-0.39, 0.29) is 6.10 Å². The SMILES string of the molecule is C=C[C@H](O)C[C@@H]1C[C@@H]2CC[C@@H]1C2. The standard InChI is InChI=1S/C11H18O/c1-2-11(12)7-10-6-8-3-4-9(10)5-8/h2,8-12H,1,3-7H2/t8-,9-,10+,11+/m1/s1. The zero-order valence-electron chi connectivity index (χ0n) is 7.58. The second-order valence-electron chi connectivity index (χ2n) is 4.47. The number of hydrogen-bond acceptors (Lipinski definition) is 1. The number of rotatable bonds is 3. The van der Waals surface area contributed by atoms with Gasteiger partial charge < -0.3 is 5.11 Å². The monoisotopic (exact) mass is 166 g/mol. The van der Waals surface area contributed by atoms with Crippen LogP contribution in [0.5, 0.6) is 0 Å². The van der Waals surface area contributed by atoms with E-state index in [9.17, 15) is 5.11 Å². The van der Waals surface area contributed by atoms with Crippen molar-refractivity contribution in [3.05, 3.63) is 12.7 Å². The second kappa shape index (κ2) is 3.21. The molecule has 0 spiro atoms. The van der Waals surface area contributed by atoms with E-state index in [1.54, 1.807) is 6.08 Å². The molecular weight excluding hydrogens is 148 g/mol. The first kappa shape index (κ1) is 8.31. The van der Waals surface area contributed by atoms with Crippen molar-refractivity contribution in [1.82, 2.24) is 0 Å². The number of hydrogen-bond donors (Lipinski definition) is 1. The van der Waals surface area contributed by atoms with Crippen molar-refractivity contribution in [3.63, 3.8) is 0 Å². The number of aliphatic hydroxyl groups excluding tert-OH is 1. The molecule has 2 bridgehead atoms. The molecule has 1 nitrogen and oxygen atoms in total. The molecule has 0 aromatic carbocycles. The predicted molar refractivity (Wildman–Crippen MR) is 49.8 cm³/mol. The molecule has 0 heterocycles. The van der Waals surface area contributed by atoms with Crippen molar-refractivity contribution in [2.75, 3.05) is 0 Å². The molecule has 68 valence electrons. The van der Waals surface area contributed by atoms with Gasteiger partial charge in [0.2, 0.25) is 0 Å². The Balaban J connectivity index is 1.86. The minimum absolute atomic E-state index is 0.255. The second-order valence-corrected chi connectivity index (χ2v) is 4.47. The van der Waals surface area contributed by atoms with E-state index in [1.807, 2.05) is 0 Å². The van der Waals surface area contributed by atoms with Crippen molar-refractivity contribution in [1.29, 1.82) is 0 Å². The van der Waals surface area contributed by atoms with E-state index in [4.69, 9.17) is 0 Å². The largest absolute Gasteiger partial charge is 0.389 e. The fourth-order valence-corrected chi connectivity index (χ4v) is 3.07. The lowest BCUT2D eigenvalue weighted by molar-refractivity contribution is 0.163. The van der Waals surface area contributed by atoms with Crippen LogP contribution in [0.1, 0.15) is 32.1 Å². The third kappa shape index (κ3) is 1.42. The maximum atomic E-state index is 9.43. The Bertz CT molecular complexity index is 176. The summed E-state index contributed by atoms with van der Waals surface area (Å²) in [6.45, 7) is 3.61. The van der Waals surface area contributed by atoms with Gasteiger partial charge in [0, 0.05) is 0 Å². The predicted octanol–water partition coefficient (Wildman–Crippen LogP) is 2.36. The van der Waals surface area contributed by atoms with E-state index in [2.05, 4.69) is 6.58 Å². The highest BCUT2D eigenvalue weighted by Crippen LogP contribution is 2.49. The number of fused-ring (bicyclic) bond motifs is 2. The molecule has 0 unspecified atom stereocenters. The maximum Gasteiger partial charge on any atom is 0.0721 e. The summed E-state index contributed by atoms with van der Waals surface area (Å²) in [5, 5.41) is 9.43. The first-order valence-corrected chi connectivity index (χ1v) is 5.10. The Hall–Kier alpha value is -0.300. The average molecular weight is 166 g/mol. The van der Waals surface area contributed by atoms with Gasteiger partial charge in [-0.2, -0.15) is 0 Å². The summed E-state index contributed by atoms with van der Waals surface area (Å²) in [5.41, 5.74) is 0. The smallest absolute Gasteiger partial charge is 0.0721 e. The molecule has 12 heavy (non-hydrogen) atoms.